The highest BCUT2D eigenvalue weighted by molar-refractivity contribution is 5.76. The predicted octanol–water partition coefficient (Wildman–Crippen LogP) is 25.1. The van der Waals surface area contributed by atoms with Gasteiger partial charge in [0.15, 0.2) is 0 Å². The van der Waals surface area contributed by atoms with Gasteiger partial charge < -0.3 is 0 Å². The van der Waals surface area contributed by atoms with Crippen molar-refractivity contribution in [3.63, 3.8) is 0 Å². The third-order valence-electron chi connectivity index (χ3n) is 14.2. The van der Waals surface area contributed by atoms with Crippen molar-refractivity contribution in [1.29, 1.82) is 0 Å². The van der Waals surface area contributed by atoms with Crippen molar-refractivity contribution in [2.45, 2.75) is 133 Å². The molecule has 11 aromatic carbocycles. The minimum absolute atomic E-state index is 0.0106. The smallest absolute Gasteiger partial charge is 0.0622 e. The van der Waals surface area contributed by atoms with Crippen LogP contribution < -0.4 is 0 Å². The Bertz CT molecular complexity index is 5240. The lowest BCUT2D eigenvalue weighted by molar-refractivity contribution is 0.586. The zero-order valence-corrected chi connectivity index (χ0v) is 51.0. The van der Waals surface area contributed by atoms with Gasteiger partial charge >= 0.3 is 0 Å². The van der Waals surface area contributed by atoms with Crippen LogP contribution in [-0.2, 0) is 10.8 Å². The Labute approximate surface area is 564 Å². The molecule has 0 fully saturated rings. The first kappa shape index (κ1) is 33.9. The first-order valence-electron chi connectivity index (χ1n) is 44.3. The molecule has 0 heteroatoms. The third kappa shape index (κ3) is 18.2. The first-order chi connectivity index (χ1) is 54.3. The van der Waals surface area contributed by atoms with Crippen molar-refractivity contribution < 1.29 is 43.9 Å². The summed E-state index contributed by atoms with van der Waals surface area (Å²) in [5, 5.41) is 0. The van der Waals surface area contributed by atoms with Crippen LogP contribution in [0.3, 0.4) is 0 Å². The molecule has 0 N–H and O–H groups in total. The molecule has 0 heterocycles. The van der Waals surface area contributed by atoms with Gasteiger partial charge in [0, 0.05) is 16.4 Å². The Morgan fingerprint density at radius 3 is 1.05 bits per heavy atom. The van der Waals surface area contributed by atoms with E-state index in [1.54, 1.807) is 61.5 Å². The molecule has 0 aliphatic rings. The van der Waals surface area contributed by atoms with Gasteiger partial charge in [0.1, 0.15) is 0 Å². The molecule has 0 unspecified atom stereocenters. The van der Waals surface area contributed by atoms with Crippen LogP contribution in [0, 0.1) is 41.5 Å². The van der Waals surface area contributed by atoms with E-state index in [0.717, 1.165) is 44.5 Å². The molecule has 0 bridgehead atoms. The normalized spacial score (nSPS) is 16.9. The maximum atomic E-state index is 8.21. The Morgan fingerprint density at radius 1 is 0.302 bits per heavy atom. The zero-order valence-electron chi connectivity index (χ0n) is 83.0. The second-order valence-electron chi connectivity index (χ2n) is 22.4. The lowest BCUT2D eigenvalue weighted by atomic mass is 9.82. The second kappa shape index (κ2) is 30.5. The van der Waals surface area contributed by atoms with E-state index in [4.69, 9.17) is 43.9 Å². The van der Waals surface area contributed by atoms with E-state index in [2.05, 4.69) is 55.4 Å². The van der Waals surface area contributed by atoms with Gasteiger partial charge in [0.05, 0.1) is 27.4 Å². The highest BCUT2D eigenvalue weighted by atomic mass is 14.2. The standard InChI is InChI=1S/C19H16.C19H24.2C17H20.C14H14/c1-15-12-13-18(16-8-4-2-5-9-16)14-19(15)17-10-6-3-7-11-17;1-13(2)18-11-17(16-9-7-6-8-10-16)12-19(14(3)4)15(18)5;2*1-13-10-11-15(12-16(13)17(2,3)4)14-8-6-5-7-9-14;1-11-8-9-14(10-12(11)2)13-6-4-3-5-7-13/h2-14H,1H3;6-14H,1-5H3;2*5-12H,1-4H3;3-10H,1-2H3/i2D,4D,5D,8D,9D;6D,7D,8D,9D,10D;5D,6D,7D,8D,9D;2D3,3D3,4D3;2D3,3D,4D,5D,6D,7D. The van der Waals surface area contributed by atoms with E-state index in [0.29, 0.717) is 50.8 Å². The summed E-state index contributed by atoms with van der Waals surface area (Å²) in [6, 6.07) is 37.4. The van der Waals surface area contributed by atoms with Crippen LogP contribution >= 0.6 is 0 Å². The fourth-order valence-electron chi connectivity index (χ4n) is 9.59. The van der Waals surface area contributed by atoms with E-state index < -0.39 is 50.9 Å². The monoisotopic (exact) mass is 1160 g/mol. The fourth-order valence-corrected chi connectivity index (χ4v) is 9.59. The molecule has 0 spiro atoms. The van der Waals surface area contributed by atoms with Crippen molar-refractivity contribution in [3.05, 3.63) is 322 Å². The van der Waals surface area contributed by atoms with Crippen molar-refractivity contribution in [1.82, 2.24) is 0 Å². The maximum absolute atomic E-state index is 8.21. The molecule has 438 valence electrons. The van der Waals surface area contributed by atoms with Crippen LogP contribution in [0.1, 0.15) is 180 Å². The van der Waals surface area contributed by atoms with E-state index in [9.17, 15) is 0 Å². The number of aryl methyl sites for hydroxylation is 5. The Morgan fingerprint density at radius 2 is 0.651 bits per heavy atom. The van der Waals surface area contributed by atoms with Crippen molar-refractivity contribution in [3.8, 4) is 66.8 Å². The molecule has 0 saturated carbocycles. The Balaban J connectivity index is 0.000000204. The lowest BCUT2D eigenvalue weighted by Gasteiger charge is -2.22. The van der Waals surface area contributed by atoms with Gasteiger partial charge in [-0.15, -0.1) is 0 Å². The van der Waals surface area contributed by atoms with Crippen LogP contribution in [0.5, 0.6) is 0 Å². The molecule has 0 aliphatic carbocycles. The predicted molar refractivity (Wildman–Crippen MR) is 379 cm³/mol. The molecule has 0 amide bonds. The van der Waals surface area contributed by atoms with Gasteiger partial charge in [-0.25, -0.2) is 0 Å². The summed E-state index contributed by atoms with van der Waals surface area (Å²) in [6.07, 6.45) is 0. The molecular weight excluding hydrogens is 1030 g/mol. The number of hydrogen-bond donors (Lipinski definition) is 0. The summed E-state index contributed by atoms with van der Waals surface area (Å²) >= 11 is 0. The number of rotatable bonds is 8. The van der Waals surface area contributed by atoms with E-state index in [1.807, 2.05) is 92.7 Å². The average molecular weight is 1160 g/mol. The molecular formula is C86H94. The molecule has 0 aliphatic heterocycles. The fraction of sp³-hybridized carbons (Fsp3) is 0.233. The largest absolute Gasteiger partial charge is 0.0629 e. The topological polar surface area (TPSA) is 0 Å². The van der Waals surface area contributed by atoms with Gasteiger partial charge in [0.2, 0.25) is 0 Å². The summed E-state index contributed by atoms with van der Waals surface area (Å²) in [6.45, 7) is 11.9. The van der Waals surface area contributed by atoms with Crippen molar-refractivity contribution in [2.24, 2.45) is 0 Å². The lowest BCUT2D eigenvalue weighted by Crippen LogP contribution is -2.13. The SMILES string of the molecule is [2H]C([2H])([2H])C(c1cc(-c2ccccc2)ccc1C)(C([2H])([2H])[2H])C([2H])([2H])[2H].[2H]c1c([2H])c([2H])c(-c2cc(C(C)C)c(C)c(C(C)C)c2)c([2H])c1[2H].[2H]c1c([2H])c([2H])c(-c2ccc(C)c(-c3ccccc3)c2)c([2H])c1[2H].[2H]c1c([2H])c([2H])c(-c2ccc(C)c(C(C)(C)C)c2)c([2H])c1[2H].[2H]c1c([2H])c([2H])c(-c2ccc(C)c(C([2H])([2H])[2H])c2)c([2H])c1[2H]. The summed E-state index contributed by atoms with van der Waals surface area (Å²) in [5.74, 6) is 0.597. The molecule has 0 atom stereocenters. The van der Waals surface area contributed by atoms with Crippen LogP contribution in [0.2, 0.25) is 0 Å². The van der Waals surface area contributed by atoms with Gasteiger partial charge in [-0.05, 0) is 193 Å². The van der Waals surface area contributed by atoms with E-state index in [-0.39, 0.29) is 142 Å². The average Bonchev–Trinajstić information content (AvgIpc) is 0.701. The van der Waals surface area contributed by atoms with Crippen molar-refractivity contribution >= 4 is 0 Å². The number of benzene rings is 11. The van der Waals surface area contributed by atoms with Gasteiger partial charge in [0.25, 0.3) is 0 Å². The third-order valence-corrected chi connectivity index (χ3v) is 14.2. The summed E-state index contributed by atoms with van der Waals surface area (Å²) in [7, 11) is 0. The molecule has 11 aromatic rings. The van der Waals surface area contributed by atoms with Gasteiger partial charge in [-0.3, -0.25) is 0 Å². The minimum atomic E-state index is -3.26. The Kier molecular flexibility index (Phi) is 12.0. The quantitative estimate of drug-likeness (QED) is 0.142. The molecule has 0 aromatic heterocycles. The highest BCUT2D eigenvalue weighted by Crippen LogP contribution is 2.35. The molecule has 0 saturated heterocycles. The van der Waals surface area contributed by atoms with Crippen LogP contribution in [-0.4, -0.2) is 0 Å². The van der Waals surface area contributed by atoms with Crippen LogP contribution in [0.15, 0.2) is 266 Å². The highest BCUT2D eigenvalue weighted by Gasteiger charge is 2.19. The molecule has 0 nitrogen and oxygen atoms in total. The molecule has 11 rings (SSSR count). The summed E-state index contributed by atoms with van der Waals surface area (Å²) in [5.41, 5.74) is 11.0. The number of hydrogen-bond acceptors (Lipinski definition) is 0. The van der Waals surface area contributed by atoms with E-state index in [1.165, 1.54) is 24.6 Å². The van der Waals surface area contributed by atoms with E-state index >= 15 is 0 Å². The molecule has 0 radical (unpaired) electrons. The minimum Gasteiger partial charge on any atom is -0.0622 e. The van der Waals surface area contributed by atoms with Crippen LogP contribution in [0.4, 0.5) is 0 Å². The summed E-state index contributed by atoms with van der Waals surface area (Å²) < 4.78 is 251. The molecule has 86 heavy (non-hydrogen) atoms. The van der Waals surface area contributed by atoms with Crippen LogP contribution in [0.25, 0.3) is 66.8 Å². The second-order valence-corrected chi connectivity index (χ2v) is 22.4. The van der Waals surface area contributed by atoms with Gasteiger partial charge in [-0.2, -0.15) is 0 Å². The summed E-state index contributed by atoms with van der Waals surface area (Å²) in [4.78, 5) is 0. The maximum Gasteiger partial charge on any atom is 0.0629 e. The van der Waals surface area contributed by atoms with Gasteiger partial charge in [-0.1, -0.05) is 329 Å². The van der Waals surface area contributed by atoms with Crippen molar-refractivity contribution in [2.75, 3.05) is 0 Å². The zero-order chi connectivity index (χ0) is 89.4. The Hall–Kier alpha value is -8.58. The first-order valence-corrected chi connectivity index (χ1v) is 28.3.